The Balaban J connectivity index is 1.60. The summed E-state index contributed by atoms with van der Waals surface area (Å²) >= 11 is 1.07. The van der Waals surface area contributed by atoms with Crippen molar-refractivity contribution in [3.8, 4) is 10.6 Å². The summed E-state index contributed by atoms with van der Waals surface area (Å²) < 4.78 is 38.4. The molecule has 0 spiro atoms. The smallest absolute Gasteiger partial charge is 0.443 e. The van der Waals surface area contributed by atoms with E-state index in [1.807, 2.05) is 0 Å². The first-order valence-electron chi connectivity index (χ1n) is 7.67. The fourth-order valence-corrected chi connectivity index (χ4v) is 5.08. The number of benzene rings is 1. The zero-order valence-electron chi connectivity index (χ0n) is 13.3. The van der Waals surface area contributed by atoms with E-state index in [1.165, 1.54) is 18.7 Å². The van der Waals surface area contributed by atoms with E-state index in [4.69, 9.17) is 14.8 Å². The number of hydrogen-bond acceptors (Lipinski definition) is 8. The number of nitrogens with one attached hydrogen (secondary N) is 1. The highest BCUT2D eigenvalue weighted by atomic mass is 32.2. The lowest BCUT2D eigenvalue weighted by molar-refractivity contribution is 0.198. The highest BCUT2D eigenvalue weighted by molar-refractivity contribution is 7.94. The van der Waals surface area contributed by atoms with Gasteiger partial charge < -0.3 is 19.8 Å². The highest BCUT2D eigenvalue weighted by Crippen LogP contribution is 2.32. The predicted octanol–water partition coefficient (Wildman–Crippen LogP) is 0.921. The molecule has 0 amide bonds. The molecule has 11 heteroatoms. The third-order valence-electron chi connectivity index (χ3n) is 3.98. The van der Waals surface area contributed by atoms with Gasteiger partial charge in [0.25, 0.3) is 10.0 Å². The number of oxazole rings is 1. The van der Waals surface area contributed by atoms with Gasteiger partial charge in [0.2, 0.25) is 0 Å². The van der Waals surface area contributed by atoms with Crippen molar-refractivity contribution in [3.63, 3.8) is 0 Å². The van der Waals surface area contributed by atoms with E-state index in [0.29, 0.717) is 21.8 Å². The second-order valence-electron chi connectivity index (χ2n) is 5.65. The number of nitrogens with two attached hydrogens (primary N) is 1. The van der Waals surface area contributed by atoms with E-state index >= 15 is 0 Å². The van der Waals surface area contributed by atoms with Crippen LogP contribution in [0.5, 0.6) is 0 Å². The Labute approximate surface area is 153 Å². The standard InChI is InChI=1S/C15H14BN3O5S2/c17-6-12-10-2-1-9(5-11(10)16(20)24-12)19-26(21,22)15-4-3-14(25-15)13-7-18-8-23-13/h1-5,7-8,12,19-20H,6,17H2. The monoisotopic (exact) mass is 391 g/mol. The van der Waals surface area contributed by atoms with Crippen molar-refractivity contribution in [1.82, 2.24) is 4.98 Å². The van der Waals surface area contributed by atoms with E-state index in [-0.39, 0.29) is 10.8 Å². The summed E-state index contributed by atoms with van der Waals surface area (Å²) in [5.74, 6) is 0.502. The van der Waals surface area contributed by atoms with Crippen LogP contribution >= 0.6 is 11.3 Å². The Morgan fingerprint density at radius 1 is 1.35 bits per heavy atom. The fraction of sp³-hybridized carbons (Fsp3) is 0.133. The Morgan fingerprint density at radius 3 is 2.92 bits per heavy atom. The molecule has 26 heavy (non-hydrogen) atoms. The van der Waals surface area contributed by atoms with Crippen LogP contribution in [0.1, 0.15) is 11.7 Å². The first kappa shape index (κ1) is 17.2. The number of rotatable bonds is 5. The van der Waals surface area contributed by atoms with Gasteiger partial charge in [-0.05, 0) is 35.3 Å². The molecule has 1 unspecified atom stereocenters. The van der Waals surface area contributed by atoms with Gasteiger partial charge in [-0.1, -0.05) is 6.07 Å². The number of nitrogens with zero attached hydrogens (tertiary/aromatic N) is 1. The molecule has 8 nitrogen and oxygen atoms in total. The maximum absolute atomic E-state index is 12.6. The summed E-state index contributed by atoms with van der Waals surface area (Å²) in [5.41, 5.74) is 7.21. The average molecular weight is 391 g/mol. The summed E-state index contributed by atoms with van der Waals surface area (Å²) in [6, 6.07) is 8.03. The average Bonchev–Trinajstić information content (AvgIpc) is 3.34. The molecule has 0 fully saturated rings. The minimum absolute atomic E-state index is 0.140. The zero-order valence-corrected chi connectivity index (χ0v) is 15.0. The molecule has 1 aromatic carbocycles. The first-order valence-corrected chi connectivity index (χ1v) is 9.97. The lowest BCUT2D eigenvalue weighted by Crippen LogP contribution is -2.28. The quantitative estimate of drug-likeness (QED) is 0.552. The molecule has 4 N–H and O–H groups in total. The van der Waals surface area contributed by atoms with Crippen molar-refractivity contribution in [3.05, 3.63) is 48.5 Å². The molecule has 0 radical (unpaired) electrons. The van der Waals surface area contributed by atoms with Gasteiger partial charge in [-0.3, -0.25) is 4.72 Å². The van der Waals surface area contributed by atoms with Crippen LogP contribution in [0.25, 0.3) is 10.6 Å². The Bertz CT molecular complexity index is 1040. The molecule has 0 saturated carbocycles. The minimum Gasteiger partial charge on any atom is -0.443 e. The van der Waals surface area contributed by atoms with Crippen molar-refractivity contribution >= 4 is 39.6 Å². The molecule has 1 aliphatic heterocycles. The van der Waals surface area contributed by atoms with Gasteiger partial charge in [0.05, 0.1) is 17.2 Å². The number of thiophene rings is 1. The van der Waals surface area contributed by atoms with Crippen LogP contribution in [0.4, 0.5) is 5.69 Å². The highest BCUT2D eigenvalue weighted by Gasteiger charge is 2.34. The number of aromatic nitrogens is 1. The topological polar surface area (TPSA) is 128 Å². The lowest BCUT2D eigenvalue weighted by Gasteiger charge is -2.10. The van der Waals surface area contributed by atoms with Crippen LogP contribution in [0.15, 0.2) is 51.5 Å². The Hall–Kier alpha value is -2.18. The Morgan fingerprint density at radius 2 is 2.19 bits per heavy atom. The van der Waals surface area contributed by atoms with Crippen molar-refractivity contribution in [2.75, 3.05) is 11.3 Å². The van der Waals surface area contributed by atoms with E-state index in [0.717, 1.165) is 16.9 Å². The summed E-state index contributed by atoms with van der Waals surface area (Å²) in [5, 5.41) is 9.96. The van der Waals surface area contributed by atoms with E-state index in [1.54, 1.807) is 24.3 Å². The van der Waals surface area contributed by atoms with Crippen LogP contribution in [-0.4, -0.2) is 32.1 Å². The summed E-state index contributed by atoms with van der Waals surface area (Å²) in [4.78, 5) is 4.48. The van der Waals surface area contributed by atoms with Crippen molar-refractivity contribution in [1.29, 1.82) is 0 Å². The van der Waals surface area contributed by atoms with E-state index < -0.39 is 23.2 Å². The normalized spacial score (nSPS) is 16.7. The van der Waals surface area contributed by atoms with Crippen molar-refractivity contribution < 1.29 is 22.5 Å². The van der Waals surface area contributed by atoms with Gasteiger partial charge in [0, 0.05) is 12.2 Å². The van der Waals surface area contributed by atoms with Gasteiger partial charge >= 0.3 is 7.12 Å². The number of hydrogen-bond donors (Lipinski definition) is 3. The predicted molar refractivity (Wildman–Crippen MR) is 97.6 cm³/mol. The van der Waals surface area contributed by atoms with E-state index in [2.05, 4.69) is 9.71 Å². The van der Waals surface area contributed by atoms with Crippen LogP contribution in [0.2, 0.25) is 0 Å². The molecule has 2 aromatic heterocycles. The summed E-state index contributed by atoms with van der Waals surface area (Å²) in [7, 11) is -4.90. The van der Waals surface area contributed by atoms with Crippen molar-refractivity contribution in [2.45, 2.75) is 10.3 Å². The van der Waals surface area contributed by atoms with Gasteiger partial charge in [-0.25, -0.2) is 13.4 Å². The zero-order chi connectivity index (χ0) is 18.3. The van der Waals surface area contributed by atoms with Crippen LogP contribution < -0.4 is 15.9 Å². The molecule has 0 aliphatic carbocycles. The second kappa shape index (κ2) is 6.52. The van der Waals surface area contributed by atoms with Crippen LogP contribution in [0.3, 0.4) is 0 Å². The molecular weight excluding hydrogens is 377 g/mol. The van der Waals surface area contributed by atoms with Crippen LogP contribution in [0, 0.1) is 0 Å². The Kier molecular flexibility index (Phi) is 4.33. The largest absolute Gasteiger partial charge is 0.492 e. The maximum Gasteiger partial charge on any atom is 0.492 e. The fourth-order valence-electron chi connectivity index (χ4n) is 2.77. The first-order chi connectivity index (χ1) is 12.5. The van der Waals surface area contributed by atoms with Crippen molar-refractivity contribution in [2.24, 2.45) is 5.73 Å². The maximum atomic E-state index is 12.6. The summed E-state index contributed by atoms with van der Waals surface area (Å²) in [6.45, 7) is 0.231. The van der Waals surface area contributed by atoms with E-state index in [9.17, 15) is 13.4 Å². The third-order valence-corrected chi connectivity index (χ3v) is 6.95. The number of sulfonamides is 1. The molecule has 1 atom stereocenters. The molecule has 1 aliphatic rings. The molecule has 0 saturated heterocycles. The molecule has 3 heterocycles. The molecule has 3 aromatic rings. The van der Waals surface area contributed by atoms with Gasteiger partial charge in [0.1, 0.15) is 4.21 Å². The third kappa shape index (κ3) is 3.04. The van der Waals surface area contributed by atoms with Gasteiger partial charge in [0.15, 0.2) is 12.2 Å². The SMILES string of the molecule is NCC1OB(O)c2cc(NS(=O)(=O)c3ccc(-c4cnco4)s3)ccc21. The number of anilines is 1. The van der Waals surface area contributed by atoms with Crippen LogP contribution in [-0.2, 0) is 14.7 Å². The van der Waals surface area contributed by atoms with Gasteiger partial charge in [-0.15, -0.1) is 11.3 Å². The van der Waals surface area contributed by atoms with Gasteiger partial charge in [-0.2, -0.15) is 0 Å². The second-order valence-corrected chi connectivity index (χ2v) is 8.64. The minimum atomic E-state index is -3.78. The molecule has 0 bridgehead atoms. The molecular formula is C15H14BN3O5S2. The molecule has 134 valence electrons. The summed E-state index contributed by atoms with van der Waals surface area (Å²) in [6.07, 6.45) is 2.41. The molecule has 4 rings (SSSR count). The lowest BCUT2D eigenvalue weighted by atomic mass is 9.79. The number of fused-ring (bicyclic) bond motifs is 1.